The second-order valence-electron chi connectivity index (χ2n) is 6.00. The van der Waals surface area contributed by atoms with Gasteiger partial charge in [-0.3, -0.25) is 9.78 Å². The molecule has 0 aliphatic carbocycles. The summed E-state index contributed by atoms with van der Waals surface area (Å²) in [7, 11) is 0. The normalized spacial score (nSPS) is 10.9. The number of carbonyl (C=O) groups is 1. The van der Waals surface area contributed by atoms with Crippen molar-refractivity contribution in [3.8, 4) is 5.75 Å². The summed E-state index contributed by atoms with van der Waals surface area (Å²) in [6, 6.07) is 11.2. The smallest absolute Gasteiger partial charge is 0.308 e. The van der Waals surface area contributed by atoms with Crippen molar-refractivity contribution in [1.29, 1.82) is 0 Å². The topological polar surface area (TPSA) is 39.2 Å². The molecule has 128 valence electrons. The molecule has 1 heterocycles. The summed E-state index contributed by atoms with van der Waals surface area (Å²) in [5.41, 5.74) is 4.92. The molecule has 0 bridgehead atoms. The van der Waals surface area contributed by atoms with E-state index in [2.05, 4.69) is 4.98 Å². The molecule has 3 rings (SSSR count). The maximum absolute atomic E-state index is 11.5. The molecule has 0 amide bonds. The van der Waals surface area contributed by atoms with Gasteiger partial charge in [0.1, 0.15) is 5.75 Å². The van der Waals surface area contributed by atoms with Gasteiger partial charge in [-0.15, -0.1) is 0 Å². The van der Waals surface area contributed by atoms with Crippen LogP contribution in [0.5, 0.6) is 5.75 Å². The Labute approximate surface area is 156 Å². The number of carbonyl (C=O) groups excluding carboxylic acids is 1. The van der Waals surface area contributed by atoms with Gasteiger partial charge in [-0.05, 0) is 55.2 Å². The molecule has 3 aromatic rings. The zero-order valence-corrected chi connectivity index (χ0v) is 15.7. The van der Waals surface area contributed by atoms with Crippen molar-refractivity contribution in [3.63, 3.8) is 0 Å². The highest BCUT2D eigenvalue weighted by atomic mass is 35.5. The van der Waals surface area contributed by atoms with Crippen LogP contribution in [0.2, 0.25) is 10.0 Å². The van der Waals surface area contributed by atoms with Crippen molar-refractivity contribution in [2.24, 2.45) is 0 Å². The first-order valence-electron chi connectivity index (χ1n) is 7.87. The van der Waals surface area contributed by atoms with Gasteiger partial charge in [-0.2, -0.15) is 0 Å². The summed E-state index contributed by atoms with van der Waals surface area (Å²) >= 11 is 12.1. The fraction of sp³-hybridized carbons (Fsp3) is 0.200. The molecule has 2 aromatic carbocycles. The van der Waals surface area contributed by atoms with Crippen LogP contribution in [-0.4, -0.2) is 11.0 Å². The lowest BCUT2D eigenvalue weighted by molar-refractivity contribution is -0.131. The molecule has 0 aliphatic heterocycles. The number of rotatable bonds is 3. The molecule has 0 N–H and O–H groups in total. The molecule has 25 heavy (non-hydrogen) atoms. The molecule has 0 unspecified atom stereocenters. The number of hydrogen-bond donors (Lipinski definition) is 0. The fourth-order valence-corrected chi connectivity index (χ4v) is 3.33. The number of nitrogens with zero attached hydrogens (tertiary/aromatic N) is 1. The Morgan fingerprint density at radius 2 is 1.76 bits per heavy atom. The van der Waals surface area contributed by atoms with E-state index < -0.39 is 0 Å². The number of aromatic nitrogens is 1. The first-order chi connectivity index (χ1) is 11.8. The van der Waals surface area contributed by atoms with Crippen LogP contribution in [0.4, 0.5) is 0 Å². The molecule has 0 saturated carbocycles. The van der Waals surface area contributed by atoms with Gasteiger partial charge in [-0.1, -0.05) is 35.3 Å². The maximum atomic E-state index is 11.5. The predicted molar refractivity (Wildman–Crippen MR) is 102 cm³/mol. The number of fused-ring (bicyclic) bond motifs is 1. The molecule has 3 nitrogen and oxygen atoms in total. The summed E-state index contributed by atoms with van der Waals surface area (Å²) in [5, 5.41) is 2.01. The maximum Gasteiger partial charge on any atom is 0.308 e. The Bertz CT molecular complexity index is 966. The lowest BCUT2D eigenvalue weighted by Gasteiger charge is -2.15. The van der Waals surface area contributed by atoms with Crippen molar-refractivity contribution < 1.29 is 9.53 Å². The molecule has 0 spiro atoms. The summed E-state index contributed by atoms with van der Waals surface area (Å²) in [6.07, 6.45) is 0.722. The van der Waals surface area contributed by atoms with E-state index in [1.54, 1.807) is 12.1 Å². The van der Waals surface area contributed by atoms with E-state index in [1.807, 2.05) is 38.1 Å². The molecule has 0 radical (unpaired) electrons. The average Bonchev–Trinajstić information content (AvgIpc) is 2.51. The minimum atomic E-state index is -0.386. The zero-order chi connectivity index (χ0) is 18.1. The average molecular weight is 374 g/mol. The van der Waals surface area contributed by atoms with Gasteiger partial charge < -0.3 is 4.74 Å². The van der Waals surface area contributed by atoms with Gasteiger partial charge in [0, 0.05) is 34.1 Å². The SMILES string of the molecule is CC(=O)Oc1cc(Cl)cc2nc(C)c(Cc3ccc(Cl)cc3)c(C)c12. The molecular weight excluding hydrogens is 357 g/mol. The molecule has 0 atom stereocenters. The Morgan fingerprint density at radius 1 is 1.08 bits per heavy atom. The van der Waals surface area contributed by atoms with E-state index >= 15 is 0 Å². The zero-order valence-electron chi connectivity index (χ0n) is 14.2. The number of hydrogen-bond acceptors (Lipinski definition) is 3. The third kappa shape index (κ3) is 3.78. The van der Waals surface area contributed by atoms with E-state index in [9.17, 15) is 4.79 Å². The van der Waals surface area contributed by atoms with Crippen LogP contribution in [0.1, 0.15) is 29.3 Å². The lowest BCUT2D eigenvalue weighted by Crippen LogP contribution is -2.05. The summed E-state index contributed by atoms with van der Waals surface area (Å²) in [6.45, 7) is 5.37. The lowest BCUT2D eigenvalue weighted by atomic mass is 9.96. The van der Waals surface area contributed by atoms with E-state index in [0.29, 0.717) is 15.8 Å². The van der Waals surface area contributed by atoms with Crippen LogP contribution in [0, 0.1) is 13.8 Å². The van der Waals surface area contributed by atoms with Crippen LogP contribution in [0.15, 0.2) is 36.4 Å². The van der Waals surface area contributed by atoms with E-state index in [4.69, 9.17) is 27.9 Å². The number of benzene rings is 2. The molecule has 0 fully saturated rings. The predicted octanol–water partition coefficient (Wildman–Crippen LogP) is 5.67. The quantitative estimate of drug-likeness (QED) is 0.438. The third-order valence-corrected chi connectivity index (χ3v) is 4.62. The molecule has 0 aliphatic rings. The van der Waals surface area contributed by atoms with Crippen molar-refractivity contribution in [2.75, 3.05) is 0 Å². The Morgan fingerprint density at radius 3 is 2.40 bits per heavy atom. The van der Waals surface area contributed by atoms with Crippen molar-refractivity contribution in [3.05, 3.63) is 68.8 Å². The van der Waals surface area contributed by atoms with Gasteiger partial charge in [-0.25, -0.2) is 0 Å². The number of halogens is 2. The van der Waals surface area contributed by atoms with Gasteiger partial charge in [0.05, 0.1) is 5.52 Å². The third-order valence-electron chi connectivity index (χ3n) is 4.15. The first-order valence-corrected chi connectivity index (χ1v) is 8.63. The van der Waals surface area contributed by atoms with Gasteiger partial charge in [0.15, 0.2) is 0 Å². The van der Waals surface area contributed by atoms with E-state index in [-0.39, 0.29) is 5.97 Å². The molecule has 0 saturated heterocycles. The molecular formula is C20H17Cl2NO2. The Balaban J connectivity index is 2.17. The van der Waals surface area contributed by atoms with Crippen molar-refractivity contribution in [1.82, 2.24) is 4.98 Å². The van der Waals surface area contributed by atoms with Gasteiger partial charge in [0.2, 0.25) is 0 Å². The van der Waals surface area contributed by atoms with Gasteiger partial charge in [0.25, 0.3) is 0 Å². The minimum Gasteiger partial charge on any atom is -0.426 e. The minimum absolute atomic E-state index is 0.386. The van der Waals surface area contributed by atoms with E-state index in [0.717, 1.165) is 39.7 Å². The molecule has 1 aromatic heterocycles. The van der Waals surface area contributed by atoms with Crippen molar-refractivity contribution >= 4 is 40.1 Å². The monoisotopic (exact) mass is 373 g/mol. The summed E-state index contributed by atoms with van der Waals surface area (Å²) < 4.78 is 5.37. The summed E-state index contributed by atoms with van der Waals surface area (Å²) in [4.78, 5) is 16.1. The standard InChI is InChI=1S/C20H17Cl2NO2/c1-11-17(8-14-4-6-15(21)7-5-14)12(2)23-18-9-16(22)10-19(20(11)18)25-13(3)24/h4-7,9-10H,8H2,1-3H3. The first kappa shape index (κ1) is 17.7. The van der Waals surface area contributed by atoms with Crippen molar-refractivity contribution in [2.45, 2.75) is 27.2 Å². The van der Waals surface area contributed by atoms with Crippen LogP contribution >= 0.6 is 23.2 Å². The fourth-order valence-electron chi connectivity index (χ4n) is 3.01. The van der Waals surface area contributed by atoms with Crippen LogP contribution in [0.25, 0.3) is 10.9 Å². The highest BCUT2D eigenvalue weighted by Gasteiger charge is 2.16. The van der Waals surface area contributed by atoms with Gasteiger partial charge >= 0.3 is 5.97 Å². The second-order valence-corrected chi connectivity index (χ2v) is 6.87. The number of aryl methyl sites for hydroxylation is 2. The Kier molecular flexibility index (Phi) is 4.98. The highest BCUT2D eigenvalue weighted by molar-refractivity contribution is 6.31. The van der Waals surface area contributed by atoms with Crippen LogP contribution < -0.4 is 4.74 Å². The molecule has 5 heteroatoms. The Hall–Kier alpha value is -2.10. The van der Waals surface area contributed by atoms with E-state index in [1.165, 1.54) is 6.92 Å². The number of esters is 1. The highest BCUT2D eigenvalue weighted by Crippen LogP contribution is 2.34. The largest absolute Gasteiger partial charge is 0.426 e. The number of pyridine rings is 1. The second kappa shape index (κ2) is 7.03. The number of ether oxygens (including phenoxy) is 1. The van der Waals surface area contributed by atoms with Crippen LogP contribution in [-0.2, 0) is 11.2 Å². The summed E-state index contributed by atoms with van der Waals surface area (Å²) in [5.74, 6) is 0.0557. The van der Waals surface area contributed by atoms with Crippen LogP contribution in [0.3, 0.4) is 0 Å².